The fraction of sp³-hybridized carbons (Fsp3) is 0.688. The fourth-order valence-corrected chi connectivity index (χ4v) is 3.37. The number of thiazole rings is 1. The Morgan fingerprint density at radius 2 is 2.17 bits per heavy atom. The van der Waals surface area contributed by atoms with Crippen molar-refractivity contribution in [2.45, 2.75) is 58.8 Å². The molecular formula is C16H25N3O3S. The molecule has 1 aromatic heterocycles. The summed E-state index contributed by atoms with van der Waals surface area (Å²) < 4.78 is 5.67. The van der Waals surface area contributed by atoms with Gasteiger partial charge in [0, 0.05) is 11.6 Å². The van der Waals surface area contributed by atoms with Crippen LogP contribution in [0.3, 0.4) is 0 Å². The molecule has 6 nitrogen and oxygen atoms in total. The van der Waals surface area contributed by atoms with Crippen molar-refractivity contribution in [3.8, 4) is 0 Å². The highest BCUT2D eigenvalue weighted by Gasteiger charge is 2.36. The third-order valence-corrected chi connectivity index (χ3v) is 4.55. The molecule has 1 aliphatic rings. The van der Waals surface area contributed by atoms with E-state index in [2.05, 4.69) is 15.6 Å². The number of carbonyl (C=O) groups excluding carboxylic acids is 2. The van der Waals surface area contributed by atoms with Crippen LogP contribution in [0.2, 0.25) is 0 Å². The Bertz CT molecular complexity index is 533. The van der Waals surface area contributed by atoms with Gasteiger partial charge < -0.3 is 15.4 Å². The van der Waals surface area contributed by atoms with E-state index in [1.165, 1.54) is 11.3 Å². The van der Waals surface area contributed by atoms with Crippen LogP contribution in [0.4, 0.5) is 5.13 Å². The molecule has 1 fully saturated rings. The van der Waals surface area contributed by atoms with E-state index in [9.17, 15) is 9.59 Å². The van der Waals surface area contributed by atoms with E-state index < -0.39 is 12.1 Å². The second-order valence-corrected chi connectivity index (χ2v) is 7.49. The molecular weight excluding hydrogens is 314 g/mol. The predicted molar refractivity (Wildman–Crippen MR) is 90.2 cm³/mol. The normalized spacial score (nSPS) is 25.3. The van der Waals surface area contributed by atoms with Gasteiger partial charge in [0.25, 0.3) is 0 Å². The van der Waals surface area contributed by atoms with Gasteiger partial charge in [-0.05, 0) is 31.6 Å². The summed E-state index contributed by atoms with van der Waals surface area (Å²) in [5.74, 6) is -0.00241. The highest BCUT2D eigenvalue weighted by Crippen LogP contribution is 2.26. The van der Waals surface area contributed by atoms with Crippen LogP contribution in [-0.4, -0.2) is 35.0 Å². The Labute approximate surface area is 141 Å². The average Bonchev–Trinajstić information content (AvgIpc) is 3.07. The molecule has 0 aromatic carbocycles. The quantitative estimate of drug-likeness (QED) is 0.834. The Morgan fingerprint density at radius 1 is 1.43 bits per heavy atom. The van der Waals surface area contributed by atoms with Gasteiger partial charge in [0.1, 0.15) is 12.1 Å². The third-order valence-electron chi connectivity index (χ3n) is 3.86. The Hall–Kier alpha value is -1.47. The van der Waals surface area contributed by atoms with E-state index in [0.29, 0.717) is 11.6 Å². The summed E-state index contributed by atoms with van der Waals surface area (Å²) in [6, 6.07) is -0.585. The van der Waals surface area contributed by atoms with Crippen LogP contribution in [0, 0.1) is 11.8 Å². The number of hydrogen-bond donors (Lipinski definition) is 2. The number of anilines is 1. The molecule has 0 spiro atoms. The van der Waals surface area contributed by atoms with Gasteiger partial charge in [-0.1, -0.05) is 20.8 Å². The number of nitrogens with one attached hydrogen (secondary N) is 2. The smallest absolute Gasteiger partial charge is 0.250 e. The lowest BCUT2D eigenvalue weighted by Gasteiger charge is -2.22. The minimum atomic E-state index is -0.585. The molecule has 4 atom stereocenters. The highest BCUT2D eigenvalue weighted by atomic mass is 32.1. The van der Waals surface area contributed by atoms with Gasteiger partial charge in [0.05, 0.1) is 6.10 Å². The Kier molecular flexibility index (Phi) is 6.12. The summed E-state index contributed by atoms with van der Waals surface area (Å²) >= 11 is 1.35. The monoisotopic (exact) mass is 339 g/mol. The van der Waals surface area contributed by atoms with E-state index in [0.717, 1.165) is 6.42 Å². The molecule has 2 N–H and O–H groups in total. The maximum atomic E-state index is 12.5. The van der Waals surface area contributed by atoms with Crippen LogP contribution in [0.25, 0.3) is 0 Å². The van der Waals surface area contributed by atoms with Crippen molar-refractivity contribution in [3.63, 3.8) is 0 Å². The summed E-state index contributed by atoms with van der Waals surface area (Å²) in [6.07, 6.45) is 2.66. The van der Waals surface area contributed by atoms with Crippen LogP contribution in [-0.2, 0) is 14.3 Å². The molecule has 1 aliphatic heterocycles. The Balaban J connectivity index is 2.00. The second-order valence-electron chi connectivity index (χ2n) is 6.60. The zero-order valence-corrected chi connectivity index (χ0v) is 14.9. The Morgan fingerprint density at radius 3 is 2.70 bits per heavy atom. The molecule has 0 unspecified atom stereocenters. The van der Waals surface area contributed by atoms with Gasteiger partial charge in [0.15, 0.2) is 5.13 Å². The number of rotatable bonds is 6. The molecule has 2 heterocycles. The number of amides is 2. The number of nitrogens with zero attached hydrogens (tertiary/aromatic N) is 1. The number of aromatic nitrogens is 1. The van der Waals surface area contributed by atoms with Gasteiger partial charge in [-0.25, -0.2) is 4.98 Å². The van der Waals surface area contributed by atoms with Crippen LogP contribution >= 0.6 is 11.3 Å². The fourth-order valence-electron chi connectivity index (χ4n) is 2.84. The minimum absolute atomic E-state index is 0.0773. The minimum Gasteiger partial charge on any atom is -0.365 e. The van der Waals surface area contributed by atoms with Gasteiger partial charge in [-0.2, -0.15) is 0 Å². The van der Waals surface area contributed by atoms with Crippen LogP contribution in [0.1, 0.15) is 40.5 Å². The first kappa shape index (κ1) is 17.9. The molecule has 2 rings (SSSR count). The van der Waals surface area contributed by atoms with Crippen molar-refractivity contribution in [3.05, 3.63) is 11.6 Å². The van der Waals surface area contributed by atoms with E-state index in [1.807, 2.05) is 27.7 Å². The molecule has 23 heavy (non-hydrogen) atoms. The van der Waals surface area contributed by atoms with Gasteiger partial charge in [-0.15, -0.1) is 11.3 Å². The first-order valence-corrected chi connectivity index (χ1v) is 8.91. The lowest BCUT2D eigenvalue weighted by molar-refractivity contribution is -0.136. The molecule has 1 aromatic rings. The van der Waals surface area contributed by atoms with E-state index in [-0.39, 0.29) is 29.8 Å². The standard InChI is InChI=1S/C16H25N3O3S/c1-9(2)7-12(14(20)19-16-17-5-6-23-16)18-15(21)13-10(3)8-11(4)22-13/h5-6,9-13H,7-8H2,1-4H3,(H,18,21)(H,17,19,20)/t10-,11-,12-,13+/m0/s1. The van der Waals surface area contributed by atoms with Gasteiger partial charge in [0.2, 0.25) is 11.8 Å². The summed E-state index contributed by atoms with van der Waals surface area (Å²) in [5, 5.41) is 7.94. The topological polar surface area (TPSA) is 80.3 Å². The SMILES string of the molecule is CC(C)C[C@H](NC(=O)[C@@H]1O[C@@H](C)C[C@@H]1C)C(=O)Nc1nccs1. The number of hydrogen-bond acceptors (Lipinski definition) is 5. The summed E-state index contributed by atoms with van der Waals surface area (Å²) in [6.45, 7) is 8.00. The van der Waals surface area contributed by atoms with Crippen molar-refractivity contribution in [1.29, 1.82) is 0 Å². The zero-order chi connectivity index (χ0) is 17.0. The van der Waals surface area contributed by atoms with E-state index in [4.69, 9.17) is 4.74 Å². The van der Waals surface area contributed by atoms with Crippen LogP contribution in [0.5, 0.6) is 0 Å². The van der Waals surface area contributed by atoms with Crippen molar-refractivity contribution >= 4 is 28.3 Å². The summed E-state index contributed by atoms with van der Waals surface area (Å²) in [7, 11) is 0. The first-order chi connectivity index (χ1) is 10.9. The highest BCUT2D eigenvalue weighted by molar-refractivity contribution is 7.13. The maximum absolute atomic E-state index is 12.5. The zero-order valence-electron chi connectivity index (χ0n) is 14.0. The van der Waals surface area contributed by atoms with E-state index in [1.54, 1.807) is 11.6 Å². The van der Waals surface area contributed by atoms with Crippen molar-refractivity contribution < 1.29 is 14.3 Å². The predicted octanol–water partition coefficient (Wildman–Crippen LogP) is 2.43. The van der Waals surface area contributed by atoms with Crippen LogP contribution in [0.15, 0.2) is 11.6 Å². The lowest BCUT2D eigenvalue weighted by atomic mass is 9.99. The number of ether oxygens (including phenoxy) is 1. The second kappa shape index (κ2) is 7.88. The van der Waals surface area contributed by atoms with Crippen LogP contribution < -0.4 is 10.6 Å². The van der Waals surface area contributed by atoms with Gasteiger partial charge >= 0.3 is 0 Å². The van der Waals surface area contributed by atoms with E-state index >= 15 is 0 Å². The third kappa shape index (κ3) is 5.00. The van der Waals surface area contributed by atoms with Gasteiger partial charge in [-0.3, -0.25) is 9.59 Å². The lowest BCUT2D eigenvalue weighted by Crippen LogP contribution is -2.49. The first-order valence-electron chi connectivity index (χ1n) is 8.03. The molecule has 0 saturated carbocycles. The summed E-state index contributed by atoms with van der Waals surface area (Å²) in [4.78, 5) is 29.0. The average molecular weight is 339 g/mol. The molecule has 1 saturated heterocycles. The largest absolute Gasteiger partial charge is 0.365 e. The number of carbonyl (C=O) groups is 2. The molecule has 0 radical (unpaired) electrons. The molecule has 7 heteroatoms. The summed E-state index contributed by atoms with van der Waals surface area (Å²) in [5.41, 5.74) is 0. The molecule has 0 bridgehead atoms. The van der Waals surface area contributed by atoms with Crippen molar-refractivity contribution in [1.82, 2.24) is 10.3 Å². The molecule has 0 aliphatic carbocycles. The molecule has 2 amide bonds. The van der Waals surface area contributed by atoms with Crippen molar-refractivity contribution in [2.24, 2.45) is 11.8 Å². The van der Waals surface area contributed by atoms with Crippen molar-refractivity contribution in [2.75, 3.05) is 5.32 Å². The maximum Gasteiger partial charge on any atom is 0.250 e. The molecule has 128 valence electrons.